The van der Waals surface area contributed by atoms with E-state index >= 15 is 0 Å². The van der Waals surface area contributed by atoms with Crippen LogP contribution in [-0.2, 0) is 25.4 Å². The zero-order valence-corrected chi connectivity index (χ0v) is 20.0. The fourth-order valence-corrected chi connectivity index (χ4v) is 4.32. The molecule has 0 spiro atoms. The maximum Gasteiger partial charge on any atom is 0.223 e. The van der Waals surface area contributed by atoms with Crippen LogP contribution in [0.1, 0.15) is 24.3 Å². The molecule has 0 saturated carbocycles. The van der Waals surface area contributed by atoms with E-state index < -0.39 is 36.9 Å². The first-order valence-corrected chi connectivity index (χ1v) is 11.4. The third kappa shape index (κ3) is 5.43. The lowest BCUT2D eigenvalue weighted by Crippen LogP contribution is -2.67. The molecule has 2 fully saturated rings. The van der Waals surface area contributed by atoms with Crippen LogP contribution in [0.3, 0.4) is 0 Å². The lowest BCUT2D eigenvalue weighted by Gasteiger charge is -2.47. The van der Waals surface area contributed by atoms with E-state index in [2.05, 4.69) is 11.9 Å². The molecule has 2 aromatic rings. The number of allylic oxidation sites excluding steroid dienone is 1. The second kappa shape index (κ2) is 11.1. The van der Waals surface area contributed by atoms with Gasteiger partial charge in [0, 0.05) is 12.5 Å². The summed E-state index contributed by atoms with van der Waals surface area (Å²) < 4.78 is 35.0. The molecular formula is C26H31NO8. The molecule has 9 nitrogen and oxygen atoms in total. The minimum absolute atomic E-state index is 0.154. The minimum Gasteiger partial charge on any atom is -0.493 e. The summed E-state index contributed by atoms with van der Waals surface area (Å²) in [6, 6.07) is 11.9. The molecule has 6 unspecified atom stereocenters. The van der Waals surface area contributed by atoms with E-state index in [-0.39, 0.29) is 12.5 Å². The first-order valence-electron chi connectivity index (χ1n) is 11.4. The summed E-state index contributed by atoms with van der Waals surface area (Å²) in [6.07, 6.45) is -1.83. The van der Waals surface area contributed by atoms with Gasteiger partial charge in [-0.1, -0.05) is 30.3 Å². The van der Waals surface area contributed by atoms with Gasteiger partial charge in [-0.25, -0.2) is 0 Å². The number of methoxy groups -OCH3 is 2. The standard InChI is InChI=1S/C26H31NO8/c1-5-8-16-9-6-7-10-18(16)33-26-22(27-15(2)28)23(29)24-21(34-26)14-32-25(35-24)17-11-12-19(30-3)20(13-17)31-4/h5-7,9-13,21-26,29H,1,8,14H2,2-4H3,(H,27,28). The van der Waals surface area contributed by atoms with Crippen molar-refractivity contribution in [3.05, 3.63) is 66.2 Å². The Bertz CT molecular complexity index is 1040. The fraction of sp³-hybridized carbons (Fsp3) is 0.423. The maximum atomic E-state index is 12.0. The summed E-state index contributed by atoms with van der Waals surface area (Å²) in [7, 11) is 3.10. The van der Waals surface area contributed by atoms with Gasteiger partial charge in [0.1, 0.15) is 30.1 Å². The Morgan fingerprint density at radius 2 is 1.91 bits per heavy atom. The van der Waals surface area contributed by atoms with Crippen LogP contribution in [0.15, 0.2) is 55.1 Å². The van der Waals surface area contributed by atoms with E-state index in [0.717, 1.165) is 5.56 Å². The van der Waals surface area contributed by atoms with Crippen molar-refractivity contribution in [1.82, 2.24) is 5.32 Å². The van der Waals surface area contributed by atoms with E-state index in [1.165, 1.54) is 6.92 Å². The lowest BCUT2D eigenvalue weighted by atomic mass is 9.95. The third-order valence-electron chi connectivity index (χ3n) is 6.00. The Morgan fingerprint density at radius 3 is 2.63 bits per heavy atom. The largest absolute Gasteiger partial charge is 0.493 e. The molecule has 2 aliphatic heterocycles. The molecule has 2 aromatic carbocycles. The summed E-state index contributed by atoms with van der Waals surface area (Å²) in [6.45, 7) is 5.31. The van der Waals surface area contributed by atoms with Crippen LogP contribution in [0.25, 0.3) is 0 Å². The number of benzene rings is 2. The van der Waals surface area contributed by atoms with E-state index in [1.807, 2.05) is 24.3 Å². The Hall–Kier alpha value is -3.11. The van der Waals surface area contributed by atoms with Crippen molar-refractivity contribution in [3.8, 4) is 17.2 Å². The van der Waals surface area contributed by atoms with Gasteiger partial charge in [-0.05, 0) is 30.2 Å². The van der Waals surface area contributed by atoms with Gasteiger partial charge in [-0.15, -0.1) is 6.58 Å². The van der Waals surface area contributed by atoms with E-state index in [9.17, 15) is 9.90 Å². The monoisotopic (exact) mass is 485 g/mol. The van der Waals surface area contributed by atoms with Crippen LogP contribution in [0.2, 0.25) is 0 Å². The lowest BCUT2D eigenvalue weighted by molar-refractivity contribution is -0.333. The number of hydrogen-bond donors (Lipinski definition) is 2. The predicted octanol–water partition coefficient (Wildman–Crippen LogP) is 2.52. The second-order valence-electron chi connectivity index (χ2n) is 8.36. The van der Waals surface area contributed by atoms with Crippen molar-refractivity contribution in [3.63, 3.8) is 0 Å². The minimum atomic E-state index is -1.11. The molecule has 0 aromatic heterocycles. The summed E-state index contributed by atoms with van der Waals surface area (Å²) in [5, 5.41) is 14.0. The summed E-state index contributed by atoms with van der Waals surface area (Å²) in [5.41, 5.74) is 1.61. The van der Waals surface area contributed by atoms with E-state index in [1.54, 1.807) is 38.5 Å². The Balaban J connectivity index is 1.55. The van der Waals surface area contributed by atoms with Crippen molar-refractivity contribution in [2.45, 2.75) is 50.3 Å². The van der Waals surface area contributed by atoms with Gasteiger partial charge < -0.3 is 38.8 Å². The molecule has 188 valence electrons. The number of rotatable bonds is 8. The third-order valence-corrected chi connectivity index (χ3v) is 6.00. The highest BCUT2D eigenvalue weighted by Gasteiger charge is 2.50. The molecule has 6 atom stereocenters. The van der Waals surface area contributed by atoms with Gasteiger partial charge in [0.25, 0.3) is 0 Å². The molecule has 2 heterocycles. The van der Waals surface area contributed by atoms with Crippen LogP contribution in [0.5, 0.6) is 17.2 Å². The molecule has 0 bridgehead atoms. The molecule has 2 aliphatic rings. The number of aliphatic hydroxyl groups is 1. The highest BCUT2D eigenvalue weighted by atomic mass is 16.7. The molecular weight excluding hydrogens is 454 g/mol. The average molecular weight is 486 g/mol. The Morgan fingerprint density at radius 1 is 1.14 bits per heavy atom. The van der Waals surface area contributed by atoms with Gasteiger partial charge in [0.15, 0.2) is 17.8 Å². The number of amides is 1. The first-order chi connectivity index (χ1) is 16.9. The van der Waals surface area contributed by atoms with Gasteiger partial charge in [-0.3, -0.25) is 4.79 Å². The zero-order valence-electron chi connectivity index (χ0n) is 20.0. The Labute approximate surface area is 204 Å². The number of hydrogen-bond acceptors (Lipinski definition) is 8. The van der Waals surface area contributed by atoms with Crippen LogP contribution >= 0.6 is 0 Å². The molecule has 35 heavy (non-hydrogen) atoms. The summed E-state index contributed by atoms with van der Waals surface area (Å²) in [5.74, 6) is 1.36. The second-order valence-corrected chi connectivity index (χ2v) is 8.36. The van der Waals surface area contributed by atoms with Gasteiger partial charge in [0.05, 0.1) is 20.8 Å². The summed E-state index contributed by atoms with van der Waals surface area (Å²) in [4.78, 5) is 12.0. The number of nitrogens with one attached hydrogen (secondary N) is 1. The molecule has 1 amide bonds. The predicted molar refractivity (Wildman–Crippen MR) is 126 cm³/mol. The Kier molecular flexibility index (Phi) is 7.92. The summed E-state index contributed by atoms with van der Waals surface area (Å²) >= 11 is 0. The number of carbonyl (C=O) groups is 1. The highest BCUT2D eigenvalue weighted by Crippen LogP contribution is 2.38. The number of para-hydroxylation sites is 1. The van der Waals surface area contributed by atoms with Crippen LogP contribution in [0, 0.1) is 0 Å². The van der Waals surface area contributed by atoms with Gasteiger partial charge >= 0.3 is 0 Å². The number of ether oxygens (including phenoxy) is 6. The molecule has 0 aliphatic carbocycles. The topological polar surface area (TPSA) is 105 Å². The van der Waals surface area contributed by atoms with Crippen LogP contribution in [0.4, 0.5) is 0 Å². The van der Waals surface area contributed by atoms with Gasteiger partial charge in [0.2, 0.25) is 12.2 Å². The van der Waals surface area contributed by atoms with Crippen molar-refractivity contribution < 1.29 is 38.3 Å². The van der Waals surface area contributed by atoms with Crippen molar-refractivity contribution in [2.75, 3.05) is 20.8 Å². The number of aliphatic hydroxyl groups excluding tert-OH is 1. The molecule has 4 rings (SSSR count). The number of fused-ring (bicyclic) bond motifs is 1. The number of carbonyl (C=O) groups excluding carboxylic acids is 1. The van der Waals surface area contributed by atoms with Crippen molar-refractivity contribution in [2.24, 2.45) is 0 Å². The SMILES string of the molecule is C=CCc1ccccc1OC1OC2COC(c3ccc(OC)c(OC)c3)OC2C(O)C1NC(C)=O. The van der Waals surface area contributed by atoms with E-state index in [4.69, 9.17) is 28.4 Å². The normalized spacial score (nSPS) is 27.9. The van der Waals surface area contributed by atoms with Crippen LogP contribution in [-0.4, -0.2) is 62.5 Å². The fourth-order valence-electron chi connectivity index (χ4n) is 4.32. The maximum absolute atomic E-state index is 12.0. The molecule has 2 N–H and O–H groups in total. The van der Waals surface area contributed by atoms with Crippen molar-refractivity contribution in [1.29, 1.82) is 0 Å². The quantitative estimate of drug-likeness (QED) is 0.550. The zero-order chi connectivity index (χ0) is 24.9. The van der Waals surface area contributed by atoms with Crippen LogP contribution < -0.4 is 19.5 Å². The average Bonchev–Trinajstić information content (AvgIpc) is 2.87. The van der Waals surface area contributed by atoms with E-state index in [0.29, 0.717) is 29.2 Å². The molecule has 9 heteroatoms. The van der Waals surface area contributed by atoms with Gasteiger partial charge in [-0.2, -0.15) is 0 Å². The van der Waals surface area contributed by atoms with Crippen molar-refractivity contribution >= 4 is 5.91 Å². The highest BCUT2D eigenvalue weighted by molar-refractivity contribution is 5.73. The smallest absolute Gasteiger partial charge is 0.223 e. The first kappa shape index (κ1) is 25.0. The molecule has 2 saturated heterocycles. The molecule has 0 radical (unpaired) electrons.